The van der Waals surface area contributed by atoms with Crippen LogP contribution in [0.2, 0.25) is 0 Å². The SMILES string of the molecule is NC(=O)CN(CC(N)=O)S(=O)(=O)c1ncccc1F. The fourth-order valence-electron chi connectivity index (χ4n) is 1.26. The lowest BCUT2D eigenvalue weighted by molar-refractivity contribution is -0.120. The zero-order valence-electron chi connectivity index (χ0n) is 9.61. The van der Waals surface area contributed by atoms with E-state index >= 15 is 0 Å². The minimum atomic E-state index is -4.48. The zero-order valence-corrected chi connectivity index (χ0v) is 10.4. The third-order valence-corrected chi connectivity index (χ3v) is 3.70. The molecule has 1 rings (SSSR count). The molecule has 1 aromatic rings. The molecule has 4 N–H and O–H groups in total. The maximum absolute atomic E-state index is 13.4. The molecule has 19 heavy (non-hydrogen) atoms. The second kappa shape index (κ2) is 5.71. The average Bonchev–Trinajstić information content (AvgIpc) is 2.27. The first-order valence-corrected chi connectivity index (χ1v) is 6.36. The zero-order chi connectivity index (χ0) is 14.6. The highest BCUT2D eigenvalue weighted by atomic mass is 32.2. The van der Waals surface area contributed by atoms with E-state index in [1.165, 1.54) is 6.07 Å². The van der Waals surface area contributed by atoms with Crippen molar-refractivity contribution in [3.63, 3.8) is 0 Å². The molecule has 0 unspecified atom stereocenters. The quantitative estimate of drug-likeness (QED) is 0.635. The lowest BCUT2D eigenvalue weighted by Crippen LogP contribution is -2.43. The van der Waals surface area contributed by atoms with E-state index in [1.807, 2.05) is 0 Å². The maximum atomic E-state index is 13.4. The standard InChI is InChI=1S/C9H11FN4O4S/c10-6-2-1-3-13-9(6)19(17,18)14(4-7(11)15)5-8(12)16/h1-3H,4-5H2,(H2,11,15)(H2,12,16). The summed E-state index contributed by atoms with van der Waals surface area (Å²) in [5.41, 5.74) is 9.74. The Morgan fingerprint density at radius 3 is 2.21 bits per heavy atom. The molecule has 0 aliphatic rings. The lowest BCUT2D eigenvalue weighted by atomic mass is 10.5. The molecule has 0 saturated carbocycles. The molecule has 0 aromatic carbocycles. The van der Waals surface area contributed by atoms with Crippen LogP contribution in [0.25, 0.3) is 0 Å². The van der Waals surface area contributed by atoms with Gasteiger partial charge in [0.1, 0.15) is 0 Å². The molecular weight excluding hydrogens is 279 g/mol. The second-order valence-corrected chi connectivity index (χ2v) is 5.35. The molecule has 0 saturated heterocycles. The van der Waals surface area contributed by atoms with Crippen LogP contribution in [0.15, 0.2) is 23.4 Å². The van der Waals surface area contributed by atoms with Crippen LogP contribution in [-0.2, 0) is 19.6 Å². The van der Waals surface area contributed by atoms with Gasteiger partial charge in [0.2, 0.25) is 16.8 Å². The summed E-state index contributed by atoms with van der Waals surface area (Å²) in [4.78, 5) is 25.0. The smallest absolute Gasteiger partial charge is 0.264 e. The van der Waals surface area contributed by atoms with Gasteiger partial charge in [-0.1, -0.05) is 0 Å². The molecule has 2 amide bonds. The van der Waals surface area contributed by atoms with Gasteiger partial charge in [0, 0.05) is 6.20 Å². The number of nitrogens with zero attached hydrogens (tertiary/aromatic N) is 2. The minimum Gasteiger partial charge on any atom is -0.369 e. The number of hydrogen-bond acceptors (Lipinski definition) is 5. The van der Waals surface area contributed by atoms with Gasteiger partial charge in [-0.25, -0.2) is 17.8 Å². The van der Waals surface area contributed by atoms with Crippen molar-refractivity contribution in [1.82, 2.24) is 9.29 Å². The van der Waals surface area contributed by atoms with Crippen LogP contribution in [0.4, 0.5) is 4.39 Å². The van der Waals surface area contributed by atoms with Crippen LogP contribution < -0.4 is 11.5 Å². The van der Waals surface area contributed by atoms with Crippen molar-refractivity contribution >= 4 is 21.8 Å². The Kier molecular flexibility index (Phi) is 4.51. The van der Waals surface area contributed by atoms with Gasteiger partial charge in [0.25, 0.3) is 10.0 Å². The Balaban J connectivity index is 3.23. The van der Waals surface area contributed by atoms with Gasteiger partial charge in [-0.05, 0) is 12.1 Å². The fourth-order valence-corrected chi connectivity index (χ4v) is 2.60. The fraction of sp³-hybridized carbons (Fsp3) is 0.222. The van der Waals surface area contributed by atoms with E-state index in [2.05, 4.69) is 4.98 Å². The van der Waals surface area contributed by atoms with Crippen molar-refractivity contribution in [2.24, 2.45) is 11.5 Å². The molecule has 0 aliphatic heterocycles. The molecule has 0 bridgehead atoms. The number of carbonyl (C=O) groups is 2. The molecule has 104 valence electrons. The van der Waals surface area contributed by atoms with E-state index in [1.54, 1.807) is 0 Å². The van der Waals surface area contributed by atoms with Gasteiger partial charge in [-0.3, -0.25) is 9.59 Å². The van der Waals surface area contributed by atoms with Crippen LogP contribution >= 0.6 is 0 Å². The van der Waals surface area contributed by atoms with E-state index in [-0.39, 0.29) is 0 Å². The van der Waals surface area contributed by atoms with Gasteiger partial charge >= 0.3 is 0 Å². The predicted octanol–water partition coefficient (Wildman–Crippen LogP) is -1.82. The number of carbonyl (C=O) groups excluding carboxylic acids is 2. The molecule has 0 aliphatic carbocycles. The minimum absolute atomic E-state index is 0.364. The first kappa shape index (κ1) is 15.0. The van der Waals surface area contributed by atoms with Crippen LogP contribution in [0.1, 0.15) is 0 Å². The third kappa shape index (κ3) is 3.69. The van der Waals surface area contributed by atoms with E-state index in [0.717, 1.165) is 12.3 Å². The molecule has 8 nitrogen and oxygen atoms in total. The van der Waals surface area contributed by atoms with Gasteiger partial charge < -0.3 is 11.5 Å². The summed E-state index contributed by atoms with van der Waals surface area (Å²) in [6.07, 6.45) is 1.06. The number of rotatable bonds is 6. The first-order chi connectivity index (χ1) is 8.75. The van der Waals surface area contributed by atoms with Gasteiger partial charge in [0.05, 0.1) is 13.1 Å². The highest BCUT2D eigenvalue weighted by Gasteiger charge is 2.31. The topological polar surface area (TPSA) is 136 Å². The monoisotopic (exact) mass is 290 g/mol. The van der Waals surface area contributed by atoms with Crippen molar-refractivity contribution in [2.45, 2.75) is 5.03 Å². The number of amides is 2. The largest absolute Gasteiger partial charge is 0.369 e. The predicted molar refractivity (Wildman–Crippen MR) is 61.3 cm³/mol. The molecule has 0 fully saturated rings. The summed E-state index contributed by atoms with van der Waals surface area (Å²) in [6, 6.07) is 2.08. The first-order valence-electron chi connectivity index (χ1n) is 4.92. The maximum Gasteiger partial charge on any atom is 0.264 e. The lowest BCUT2D eigenvalue weighted by Gasteiger charge is -2.18. The summed E-state index contributed by atoms with van der Waals surface area (Å²) in [5.74, 6) is -3.14. The Hall–Kier alpha value is -2.07. The number of aromatic nitrogens is 1. The van der Waals surface area contributed by atoms with Gasteiger partial charge in [-0.2, -0.15) is 4.31 Å². The van der Waals surface area contributed by atoms with Crippen molar-refractivity contribution in [2.75, 3.05) is 13.1 Å². The summed E-state index contributed by atoms with van der Waals surface area (Å²) in [6.45, 7) is -1.61. The van der Waals surface area contributed by atoms with Crippen LogP contribution in [0.3, 0.4) is 0 Å². The van der Waals surface area contributed by atoms with Crippen LogP contribution in [0.5, 0.6) is 0 Å². The summed E-state index contributed by atoms with van der Waals surface area (Å²) in [5, 5.41) is -0.905. The molecular formula is C9H11FN4O4S. The van der Waals surface area contributed by atoms with E-state index < -0.39 is 45.8 Å². The van der Waals surface area contributed by atoms with Gasteiger partial charge in [-0.15, -0.1) is 0 Å². The van der Waals surface area contributed by atoms with Crippen molar-refractivity contribution in [3.8, 4) is 0 Å². The van der Waals surface area contributed by atoms with Crippen molar-refractivity contribution in [3.05, 3.63) is 24.1 Å². The number of primary amides is 2. The molecule has 0 atom stereocenters. The van der Waals surface area contributed by atoms with Crippen molar-refractivity contribution < 1.29 is 22.4 Å². The van der Waals surface area contributed by atoms with Crippen LogP contribution in [-0.4, -0.2) is 42.6 Å². The van der Waals surface area contributed by atoms with Crippen molar-refractivity contribution in [1.29, 1.82) is 0 Å². The van der Waals surface area contributed by atoms with E-state index in [9.17, 15) is 22.4 Å². The number of halogens is 1. The van der Waals surface area contributed by atoms with Gasteiger partial charge in [0.15, 0.2) is 5.82 Å². The number of pyridine rings is 1. The highest BCUT2D eigenvalue weighted by Crippen LogP contribution is 2.15. The Morgan fingerprint density at radius 2 is 1.79 bits per heavy atom. The summed E-state index contributed by atoms with van der Waals surface area (Å²) >= 11 is 0. The van der Waals surface area contributed by atoms with Crippen LogP contribution in [0, 0.1) is 5.82 Å². The Morgan fingerprint density at radius 1 is 1.26 bits per heavy atom. The molecule has 0 radical (unpaired) electrons. The molecule has 1 heterocycles. The normalized spacial score (nSPS) is 11.5. The van der Waals surface area contributed by atoms with E-state index in [0.29, 0.717) is 4.31 Å². The summed E-state index contributed by atoms with van der Waals surface area (Å²) < 4.78 is 37.8. The Bertz CT molecular complexity index is 588. The average molecular weight is 290 g/mol. The highest BCUT2D eigenvalue weighted by molar-refractivity contribution is 7.89. The number of nitrogens with two attached hydrogens (primary N) is 2. The third-order valence-electron chi connectivity index (χ3n) is 1.97. The van der Waals surface area contributed by atoms with E-state index in [4.69, 9.17) is 11.5 Å². The molecule has 10 heteroatoms. The second-order valence-electron chi connectivity index (χ2n) is 3.50. The summed E-state index contributed by atoms with van der Waals surface area (Å²) in [7, 11) is -4.48. The number of hydrogen-bond donors (Lipinski definition) is 2. The number of sulfonamides is 1. The molecule has 1 aromatic heterocycles. The molecule has 0 spiro atoms. The Labute approximate surface area is 108 Å².